The summed E-state index contributed by atoms with van der Waals surface area (Å²) in [5.74, 6) is 0. The van der Waals surface area contributed by atoms with Crippen LogP contribution >= 0.6 is 0 Å². The Labute approximate surface area is 109 Å². The van der Waals surface area contributed by atoms with Gasteiger partial charge >= 0.3 is 6.03 Å². The highest BCUT2D eigenvalue weighted by atomic mass is 16.3. The van der Waals surface area contributed by atoms with E-state index in [0.29, 0.717) is 13.1 Å². The first-order valence-electron chi connectivity index (χ1n) is 6.35. The van der Waals surface area contributed by atoms with Crippen molar-refractivity contribution in [2.75, 3.05) is 26.7 Å². The van der Waals surface area contributed by atoms with E-state index in [4.69, 9.17) is 5.11 Å². The largest absolute Gasteiger partial charge is 0.395 e. The molecular weight excluding hydrogens is 228 g/mol. The average Bonchev–Trinajstić information content (AvgIpc) is 2.39. The monoisotopic (exact) mass is 250 g/mol. The molecule has 2 N–H and O–H groups in total. The molecule has 0 aliphatic carbocycles. The van der Waals surface area contributed by atoms with Crippen molar-refractivity contribution in [2.24, 2.45) is 0 Å². The van der Waals surface area contributed by atoms with Crippen molar-refractivity contribution in [1.82, 2.24) is 10.2 Å². The molecule has 2 amide bonds. The minimum Gasteiger partial charge on any atom is -0.395 e. The molecule has 4 heteroatoms. The van der Waals surface area contributed by atoms with Crippen molar-refractivity contribution >= 4 is 6.03 Å². The second-order valence-electron chi connectivity index (χ2n) is 4.30. The summed E-state index contributed by atoms with van der Waals surface area (Å²) in [4.78, 5) is 13.0. The highest BCUT2D eigenvalue weighted by molar-refractivity contribution is 5.73. The Hall–Kier alpha value is -1.55. The fourth-order valence-electron chi connectivity index (χ4n) is 1.64. The number of likely N-dealkylation sites (N-methyl/N-ethyl adjacent to an activating group) is 1. The van der Waals surface area contributed by atoms with E-state index in [0.717, 1.165) is 12.8 Å². The van der Waals surface area contributed by atoms with Gasteiger partial charge in [0.1, 0.15) is 0 Å². The van der Waals surface area contributed by atoms with Gasteiger partial charge in [-0.2, -0.15) is 0 Å². The molecule has 1 aromatic carbocycles. The Morgan fingerprint density at radius 1 is 1.28 bits per heavy atom. The predicted molar refractivity (Wildman–Crippen MR) is 72.6 cm³/mol. The standard InChI is InChI=1S/C14H22N2O2/c1-3-12-4-6-13(7-5-12)8-9-15-14(18)16(2)10-11-17/h4-7,17H,3,8-11H2,1-2H3,(H,15,18). The van der Waals surface area contributed by atoms with Gasteiger partial charge in [0.25, 0.3) is 0 Å². The van der Waals surface area contributed by atoms with Gasteiger partial charge in [0.05, 0.1) is 6.61 Å². The Kier molecular flexibility index (Phi) is 6.22. The molecule has 0 fully saturated rings. The Balaban J connectivity index is 2.30. The first-order valence-corrected chi connectivity index (χ1v) is 6.35. The third-order valence-electron chi connectivity index (χ3n) is 2.90. The number of aryl methyl sites for hydroxylation is 1. The topological polar surface area (TPSA) is 52.6 Å². The van der Waals surface area contributed by atoms with Crippen molar-refractivity contribution in [3.8, 4) is 0 Å². The average molecular weight is 250 g/mol. The van der Waals surface area contributed by atoms with Crippen LogP contribution in [0.3, 0.4) is 0 Å². The molecule has 1 rings (SSSR count). The lowest BCUT2D eigenvalue weighted by Crippen LogP contribution is -2.39. The number of rotatable bonds is 6. The zero-order valence-electron chi connectivity index (χ0n) is 11.1. The summed E-state index contributed by atoms with van der Waals surface area (Å²) in [5.41, 5.74) is 2.54. The van der Waals surface area contributed by atoms with Gasteiger partial charge in [-0.3, -0.25) is 0 Å². The van der Waals surface area contributed by atoms with Crippen molar-refractivity contribution < 1.29 is 9.90 Å². The maximum absolute atomic E-state index is 11.5. The number of aliphatic hydroxyl groups excluding tert-OH is 1. The van der Waals surface area contributed by atoms with E-state index in [1.807, 2.05) is 0 Å². The van der Waals surface area contributed by atoms with Crippen molar-refractivity contribution in [3.63, 3.8) is 0 Å². The molecule has 1 aromatic rings. The van der Waals surface area contributed by atoms with Gasteiger partial charge in [-0.15, -0.1) is 0 Å². The fraction of sp³-hybridized carbons (Fsp3) is 0.500. The van der Waals surface area contributed by atoms with Crippen LogP contribution in [-0.2, 0) is 12.8 Å². The molecule has 0 aromatic heterocycles. The van der Waals surface area contributed by atoms with E-state index in [9.17, 15) is 4.79 Å². The molecule has 0 saturated carbocycles. The summed E-state index contributed by atoms with van der Waals surface area (Å²) in [6.45, 7) is 3.09. The lowest BCUT2D eigenvalue weighted by atomic mass is 10.1. The second-order valence-corrected chi connectivity index (χ2v) is 4.30. The molecular formula is C14H22N2O2. The number of hydrogen-bond donors (Lipinski definition) is 2. The van der Waals surface area contributed by atoms with Crippen LogP contribution in [0.15, 0.2) is 24.3 Å². The zero-order valence-corrected chi connectivity index (χ0v) is 11.1. The van der Waals surface area contributed by atoms with E-state index < -0.39 is 0 Å². The van der Waals surface area contributed by atoms with E-state index >= 15 is 0 Å². The second kappa shape index (κ2) is 7.71. The van der Waals surface area contributed by atoms with Crippen LogP contribution in [0.1, 0.15) is 18.1 Å². The first kappa shape index (κ1) is 14.5. The van der Waals surface area contributed by atoms with Gasteiger partial charge in [-0.25, -0.2) is 4.79 Å². The molecule has 0 saturated heterocycles. The van der Waals surface area contributed by atoms with Crippen LogP contribution in [0.4, 0.5) is 4.79 Å². The summed E-state index contributed by atoms with van der Waals surface area (Å²) in [5, 5.41) is 11.5. The predicted octanol–water partition coefficient (Wildman–Crippen LogP) is 1.43. The molecule has 4 nitrogen and oxygen atoms in total. The van der Waals surface area contributed by atoms with Gasteiger partial charge < -0.3 is 15.3 Å². The minimum absolute atomic E-state index is 0.0115. The summed E-state index contributed by atoms with van der Waals surface area (Å²) in [6, 6.07) is 8.30. The van der Waals surface area contributed by atoms with E-state index in [-0.39, 0.29) is 12.6 Å². The Morgan fingerprint density at radius 3 is 2.44 bits per heavy atom. The maximum atomic E-state index is 11.5. The molecule has 0 spiro atoms. The third-order valence-corrected chi connectivity index (χ3v) is 2.90. The summed E-state index contributed by atoms with van der Waals surface area (Å²) in [7, 11) is 1.67. The molecule has 0 heterocycles. The Morgan fingerprint density at radius 2 is 1.89 bits per heavy atom. The third kappa shape index (κ3) is 4.75. The summed E-state index contributed by atoms with van der Waals surface area (Å²) in [6.07, 6.45) is 1.87. The van der Waals surface area contributed by atoms with Gasteiger partial charge in [-0.05, 0) is 24.0 Å². The fourth-order valence-corrected chi connectivity index (χ4v) is 1.64. The highest BCUT2D eigenvalue weighted by Gasteiger charge is 2.05. The molecule has 18 heavy (non-hydrogen) atoms. The number of amides is 2. The number of carbonyl (C=O) groups excluding carboxylic acids is 1. The van der Waals surface area contributed by atoms with Crippen LogP contribution < -0.4 is 5.32 Å². The van der Waals surface area contributed by atoms with Gasteiger partial charge in [-0.1, -0.05) is 31.2 Å². The molecule has 0 aliphatic rings. The SMILES string of the molecule is CCc1ccc(CCNC(=O)N(C)CCO)cc1. The van der Waals surface area contributed by atoms with Crippen molar-refractivity contribution in [3.05, 3.63) is 35.4 Å². The Bertz CT molecular complexity index is 363. The van der Waals surface area contributed by atoms with Crippen LogP contribution in [0.25, 0.3) is 0 Å². The lowest BCUT2D eigenvalue weighted by Gasteiger charge is -2.16. The van der Waals surface area contributed by atoms with Crippen LogP contribution in [-0.4, -0.2) is 42.8 Å². The zero-order chi connectivity index (χ0) is 13.4. The molecule has 100 valence electrons. The number of aliphatic hydroxyl groups is 1. The number of carbonyl (C=O) groups is 1. The number of benzene rings is 1. The molecule has 0 unspecified atom stereocenters. The van der Waals surface area contributed by atoms with Gasteiger partial charge in [0, 0.05) is 20.1 Å². The molecule has 0 aliphatic heterocycles. The van der Waals surface area contributed by atoms with E-state index in [2.05, 4.69) is 36.5 Å². The van der Waals surface area contributed by atoms with Gasteiger partial charge in [0.15, 0.2) is 0 Å². The molecule has 0 radical (unpaired) electrons. The minimum atomic E-state index is -0.144. The van der Waals surface area contributed by atoms with Gasteiger partial charge in [0.2, 0.25) is 0 Å². The van der Waals surface area contributed by atoms with Crippen LogP contribution in [0.2, 0.25) is 0 Å². The smallest absolute Gasteiger partial charge is 0.317 e. The summed E-state index contributed by atoms with van der Waals surface area (Å²) < 4.78 is 0. The molecule has 0 bridgehead atoms. The normalized spacial score (nSPS) is 10.2. The van der Waals surface area contributed by atoms with E-state index in [1.54, 1.807) is 7.05 Å². The number of nitrogens with one attached hydrogen (secondary N) is 1. The van der Waals surface area contributed by atoms with Crippen LogP contribution in [0.5, 0.6) is 0 Å². The number of urea groups is 1. The lowest BCUT2D eigenvalue weighted by molar-refractivity contribution is 0.190. The van der Waals surface area contributed by atoms with Crippen molar-refractivity contribution in [1.29, 1.82) is 0 Å². The van der Waals surface area contributed by atoms with Crippen molar-refractivity contribution in [2.45, 2.75) is 19.8 Å². The van der Waals surface area contributed by atoms with Crippen LogP contribution in [0, 0.1) is 0 Å². The number of hydrogen-bond acceptors (Lipinski definition) is 2. The maximum Gasteiger partial charge on any atom is 0.317 e. The van der Waals surface area contributed by atoms with E-state index in [1.165, 1.54) is 16.0 Å². The number of nitrogens with zero attached hydrogens (tertiary/aromatic N) is 1. The first-order chi connectivity index (χ1) is 8.67. The highest BCUT2D eigenvalue weighted by Crippen LogP contribution is 2.05. The molecule has 0 atom stereocenters. The quantitative estimate of drug-likeness (QED) is 0.802. The summed E-state index contributed by atoms with van der Waals surface area (Å²) >= 11 is 0.